The Balaban J connectivity index is 3.11. The summed E-state index contributed by atoms with van der Waals surface area (Å²) in [5, 5.41) is 9.41. The minimum Gasteiger partial charge on any atom is -0.396 e. The standard InChI is InChI=1S/C7H5Cl4NOS/c8-3-5(14-2-1-13)4(9)7(11)12-6(3)10/h13H,1-2H2. The molecule has 78 valence electrons. The van der Waals surface area contributed by atoms with Crippen molar-refractivity contribution >= 4 is 58.2 Å². The number of pyridine rings is 1. The molecule has 0 saturated carbocycles. The molecule has 14 heavy (non-hydrogen) atoms. The quantitative estimate of drug-likeness (QED) is 0.680. The number of halogens is 4. The van der Waals surface area contributed by atoms with Gasteiger partial charge in [0.05, 0.1) is 21.5 Å². The van der Waals surface area contributed by atoms with Crippen LogP contribution < -0.4 is 0 Å². The van der Waals surface area contributed by atoms with Crippen LogP contribution in [0, 0.1) is 0 Å². The summed E-state index contributed by atoms with van der Waals surface area (Å²) in [5.74, 6) is 0.468. The molecule has 1 aromatic rings. The molecule has 0 amide bonds. The second kappa shape index (κ2) is 5.64. The summed E-state index contributed by atoms with van der Waals surface area (Å²) in [6, 6.07) is 0. The molecule has 0 aromatic carbocycles. The van der Waals surface area contributed by atoms with E-state index in [2.05, 4.69) is 4.98 Å². The summed E-state index contributed by atoms with van der Waals surface area (Å²) in [6.07, 6.45) is 0. The molecule has 1 heterocycles. The molecule has 0 unspecified atom stereocenters. The summed E-state index contributed by atoms with van der Waals surface area (Å²) >= 11 is 24.4. The lowest BCUT2D eigenvalue weighted by molar-refractivity contribution is 0.322. The van der Waals surface area contributed by atoms with Crippen LogP contribution in [0.1, 0.15) is 0 Å². The van der Waals surface area contributed by atoms with Crippen LogP contribution >= 0.6 is 58.2 Å². The lowest BCUT2D eigenvalue weighted by atomic mass is 10.5. The number of hydrogen-bond donors (Lipinski definition) is 1. The fourth-order valence-corrected chi connectivity index (χ4v) is 2.65. The third-order valence-electron chi connectivity index (χ3n) is 1.29. The van der Waals surface area contributed by atoms with Gasteiger partial charge in [0.1, 0.15) is 0 Å². The SMILES string of the molecule is OCCSc1c(Cl)c(Cl)nc(Cl)c1Cl. The third-order valence-corrected chi connectivity index (χ3v) is 4.08. The lowest BCUT2D eigenvalue weighted by Gasteiger charge is -2.07. The van der Waals surface area contributed by atoms with E-state index in [9.17, 15) is 0 Å². The van der Waals surface area contributed by atoms with Crippen molar-refractivity contribution in [1.82, 2.24) is 4.98 Å². The number of aliphatic hydroxyl groups excluding tert-OH is 1. The molecular formula is C7H5Cl4NOS. The highest BCUT2D eigenvalue weighted by Gasteiger charge is 2.15. The second-order valence-corrected chi connectivity index (χ2v) is 4.80. The van der Waals surface area contributed by atoms with E-state index >= 15 is 0 Å². The largest absolute Gasteiger partial charge is 0.396 e. The van der Waals surface area contributed by atoms with Crippen LogP contribution in [0.2, 0.25) is 20.4 Å². The monoisotopic (exact) mass is 291 g/mol. The molecule has 1 N–H and O–H groups in total. The first-order valence-corrected chi connectivity index (χ1v) is 6.01. The molecule has 2 nitrogen and oxygen atoms in total. The lowest BCUT2D eigenvalue weighted by Crippen LogP contribution is -1.90. The zero-order chi connectivity index (χ0) is 10.7. The van der Waals surface area contributed by atoms with E-state index in [1.807, 2.05) is 0 Å². The molecule has 0 saturated heterocycles. The highest BCUT2D eigenvalue weighted by molar-refractivity contribution is 7.99. The topological polar surface area (TPSA) is 33.1 Å². The predicted molar refractivity (Wildman–Crippen MR) is 62.1 cm³/mol. The molecule has 0 fully saturated rings. The minimum absolute atomic E-state index is 0.0227. The van der Waals surface area contributed by atoms with Crippen molar-refractivity contribution in [2.24, 2.45) is 0 Å². The van der Waals surface area contributed by atoms with Crippen molar-refractivity contribution in [1.29, 1.82) is 0 Å². The minimum atomic E-state index is 0.0227. The van der Waals surface area contributed by atoms with Crippen LogP contribution in [0.3, 0.4) is 0 Å². The number of nitrogens with zero attached hydrogens (tertiary/aromatic N) is 1. The van der Waals surface area contributed by atoms with Gasteiger partial charge in [0.25, 0.3) is 0 Å². The van der Waals surface area contributed by atoms with Gasteiger partial charge in [-0.15, -0.1) is 11.8 Å². The Morgan fingerprint density at radius 2 is 1.57 bits per heavy atom. The van der Waals surface area contributed by atoms with Gasteiger partial charge < -0.3 is 5.11 Å². The Labute approximate surface area is 106 Å². The second-order valence-electron chi connectivity index (χ2n) is 2.22. The Morgan fingerprint density at radius 1 is 1.07 bits per heavy atom. The Morgan fingerprint density at radius 3 is 2.00 bits per heavy atom. The molecular weight excluding hydrogens is 288 g/mol. The number of rotatable bonds is 3. The van der Waals surface area contributed by atoms with Crippen LogP contribution in [0.25, 0.3) is 0 Å². The summed E-state index contributed by atoms with van der Waals surface area (Å²) in [5.41, 5.74) is 0. The van der Waals surface area contributed by atoms with Gasteiger partial charge in [-0.2, -0.15) is 0 Å². The average Bonchev–Trinajstić information content (AvgIpc) is 2.15. The van der Waals surface area contributed by atoms with Gasteiger partial charge in [-0.3, -0.25) is 0 Å². The zero-order valence-electron chi connectivity index (χ0n) is 6.73. The van der Waals surface area contributed by atoms with Gasteiger partial charge in [0.2, 0.25) is 0 Å². The molecule has 1 rings (SSSR count). The summed E-state index contributed by atoms with van der Waals surface area (Å²) in [7, 11) is 0. The van der Waals surface area contributed by atoms with Gasteiger partial charge in [0, 0.05) is 5.75 Å². The third kappa shape index (κ3) is 2.81. The first-order chi connectivity index (χ1) is 6.57. The first kappa shape index (κ1) is 12.7. The predicted octanol–water partition coefficient (Wildman–Crippen LogP) is 3.78. The summed E-state index contributed by atoms with van der Waals surface area (Å²) < 4.78 is 0. The fraction of sp³-hybridized carbons (Fsp3) is 0.286. The number of thioether (sulfide) groups is 1. The maximum atomic E-state index is 8.66. The van der Waals surface area contributed by atoms with E-state index in [0.717, 1.165) is 0 Å². The average molecular weight is 293 g/mol. The highest BCUT2D eigenvalue weighted by Crippen LogP contribution is 2.40. The van der Waals surface area contributed by atoms with E-state index < -0.39 is 0 Å². The highest BCUT2D eigenvalue weighted by atomic mass is 35.5. The summed E-state index contributed by atoms with van der Waals surface area (Å²) in [6.45, 7) is 0.0227. The number of aromatic nitrogens is 1. The van der Waals surface area contributed by atoms with Crippen LogP contribution in [0.4, 0.5) is 0 Å². The van der Waals surface area contributed by atoms with Crippen molar-refractivity contribution in [3.63, 3.8) is 0 Å². The van der Waals surface area contributed by atoms with Crippen molar-refractivity contribution in [3.8, 4) is 0 Å². The van der Waals surface area contributed by atoms with Gasteiger partial charge in [0.15, 0.2) is 10.3 Å². The Kier molecular flexibility index (Phi) is 5.11. The number of aliphatic hydroxyl groups is 1. The van der Waals surface area contributed by atoms with Crippen molar-refractivity contribution in [2.75, 3.05) is 12.4 Å². The van der Waals surface area contributed by atoms with E-state index in [1.165, 1.54) is 11.8 Å². The zero-order valence-corrected chi connectivity index (χ0v) is 10.6. The van der Waals surface area contributed by atoms with Crippen molar-refractivity contribution < 1.29 is 5.11 Å². The molecule has 0 atom stereocenters. The maximum Gasteiger partial charge on any atom is 0.150 e. The first-order valence-electron chi connectivity index (χ1n) is 3.51. The van der Waals surface area contributed by atoms with Crippen LogP contribution in [-0.4, -0.2) is 22.5 Å². The van der Waals surface area contributed by atoms with E-state index in [1.54, 1.807) is 0 Å². The van der Waals surface area contributed by atoms with E-state index in [0.29, 0.717) is 10.6 Å². The molecule has 0 spiro atoms. The van der Waals surface area contributed by atoms with Gasteiger partial charge >= 0.3 is 0 Å². The van der Waals surface area contributed by atoms with Crippen LogP contribution in [0.5, 0.6) is 0 Å². The normalized spacial score (nSPS) is 10.6. The van der Waals surface area contributed by atoms with Gasteiger partial charge in [-0.1, -0.05) is 46.4 Å². The van der Waals surface area contributed by atoms with Crippen LogP contribution in [0.15, 0.2) is 4.90 Å². The van der Waals surface area contributed by atoms with E-state index in [4.69, 9.17) is 51.5 Å². The summed E-state index contributed by atoms with van der Waals surface area (Å²) in [4.78, 5) is 4.28. The smallest absolute Gasteiger partial charge is 0.150 e. The molecule has 7 heteroatoms. The fourth-order valence-electron chi connectivity index (χ4n) is 0.742. The molecule has 0 radical (unpaired) electrons. The van der Waals surface area contributed by atoms with Crippen molar-refractivity contribution in [3.05, 3.63) is 20.4 Å². The molecule has 0 aliphatic heterocycles. The molecule has 1 aromatic heterocycles. The van der Waals surface area contributed by atoms with Gasteiger partial charge in [-0.05, 0) is 0 Å². The van der Waals surface area contributed by atoms with Crippen molar-refractivity contribution in [2.45, 2.75) is 4.90 Å². The Hall–Kier alpha value is 0.620. The van der Waals surface area contributed by atoms with E-state index in [-0.39, 0.29) is 27.0 Å². The molecule has 0 bridgehead atoms. The number of hydrogen-bond acceptors (Lipinski definition) is 3. The molecule has 0 aliphatic carbocycles. The Bertz CT molecular complexity index is 321. The maximum absolute atomic E-state index is 8.66. The van der Waals surface area contributed by atoms with Crippen LogP contribution in [-0.2, 0) is 0 Å². The van der Waals surface area contributed by atoms with Gasteiger partial charge in [-0.25, -0.2) is 4.98 Å². The molecule has 0 aliphatic rings.